The third kappa shape index (κ3) is 5.87. The topological polar surface area (TPSA) is 102 Å². The van der Waals surface area contributed by atoms with Gasteiger partial charge in [-0.3, -0.25) is 0 Å². The van der Waals surface area contributed by atoms with Gasteiger partial charge in [0.1, 0.15) is 12.9 Å². The van der Waals surface area contributed by atoms with E-state index in [1.807, 2.05) is 6.07 Å². The van der Waals surface area contributed by atoms with Crippen LogP contribution in [0.25, 0.3) is 0 Å². The molecule has 0 saturated carbocycles. The van der Waals surface area contributed by atoms with Crippen LogP contribution in [0.1, 0.15) is 15.9 Å². The number of benzene rings is 2. The van der Waals surface area contributed by atoms with Crippen LogP contribution in [-0.2, 0) is 20.4 Å². The minimum atomic E-state index is -4.33. The van der Waals surface area contributed by atoms with E-state index in [-0.39, 0.29) is 12.2 Å². The van der Waals surface area contributed by atoms with E-state index in [2.05, 4.69) is 9.84 Å². The second-order valence-corrected chi connectivity index (χ2v) is 6.55. The molecule has 0 aliphatic carbocycles. The van der Waals surface area contributed by atoms with Crippen LogP contribution in [0.15, 0.2) is 60.7 Å². The van der Waals surface area contributed by atoms with Gasteiger partial charge in [-0.25, -0.2) is 14.2 Å². The summed E-state index contributed by atoms with van der Waals surface area (Å²) in [6.45, 7) is 0.0200. The van der Waals surface area contributed by atoms with Crippen LogP contribution in [-0.4, -0.2) is 23.2 Å². The van der Waals surface area contributed by atoms with Crippen molar-refractivity contribution in [2.45, 2.75) is 6.61 Å². The molecule has 7 nitrogen and oxygen atoms in total. The van der Waals surface area contributed by atoms with Crippen LogP contribution in [0.3, 0.4) is 0 Å². The Kier molecular flexibility index (Phi) is 6.12. The van der Waals surface area contributed by atoms with Gasteiger partial charge in [-0.1, -0.05) is 48.5 Å². The maximum absolute atomic E-state index is 11.8. The summed E-state index contributed by atoms with van der Waals surface area (Å²) in [5.41, 5.74) is 0.911. The number of hydrogen-bond acceptors (Lipinski definition) is 5. The predicted octanol–water partition coefficient (Wildman–Crippen LogP) is 2.91. The average molecular weight is 349 g/mol. The van der Waals surface area contributed by atoms with Gasteiger partial charge >= 0.3 is 19.7 Å². The molecule has 2 aromatic carbocycles. The van der Waals surface area contributed by atoms with Crippen molar-refractivity contribution in [1.82, 2.24) is 5.32 Å². The molecule has 0 bridgehead atoms. The van der Waals surface area contributed by atoms with E-state index < -0.39 is 25.9 Å². The molecule has 126 valence electrons. The van der Waals surface area contributed by atoms with Gasteiger partial charge in [0, 0.05) is 0 Å². The summed E-state index contributed by atoms with van der Waals surface area (Å²) < 4.78 is 21.2. The van der Waals surface area contributed by atoms with Gasteiger partial charge in [-0.05, 0) is 17.7 Å². The second kappa shape index (κ2) is 8.29. The Morgan fingerprint density at radius 1 is 1.00 bits per heavy atom. The number of hydrogen-bond donors (Lipinski definition) is 2. The molecule has 0 aromatic heterocycles. The van der Waals surface area contributed by atoms with Crippen molar-refractivity contribution in [3.8, 4) is 0 Å². The molecule has 2 aromatic rings. The summed E-state index contributed by atoms with van der Waals surface area (Å²) in [6, 6.07) is 16.7. The van der Waals surface area contributed by atoms with Gasteiger partial charge in [0.2, 0.25) is 0 Å². The fourth-order valence-electron chi connectivity index (χ4n) is 1.73. The highest BCUT2D eigenvalue weighted by atomic mass is 31.2. The predicted molar refractivity (Wildman–Crippen MR) is 86.3 cm³/mol. The zero-order valence-electron chi connectivity index (χ0n) is 12.6. The third-order valence-corrected chi connectivity index (χ3v) is 3.88. The molecule has 24 heavy (non-hydrogen) atoms. The third-order valence-electron chi connectivity index (χ3n) is 2.87. The van der Waals surface area contributed by atoms with Crippen LogP contribution in [0.2, 0.25) is 0 Å². The first-order chi connectivity index (χ1) is 11.5. The lowest BCUT2D eigenvalue weighted by atomic mass is 10.2. The number of carbonyl (C=O) groups is 2. The van der Waals surface area contributed by atoms with Gasteiger partial charge in [0.05, 0.1) is 5.56 Å². The van der Waals surface area contributed by atoms with Crippen LogP contribution in [0.5, 0.6) is 0 Å². The SMILES string of the molecule is O=C(NCP(=O)(O)OC(=O)c1ccccc1)OCc1ccccc1. The first kappa shape index (κ1) is 17.7. The second-order valence-electron chi connectivity index (χ2n) is 4.78. The Morgan fingerprint density at radius 3 is 2.21 bits per heavy atom. The van der Waals surface area contributed by atoms with Crippen molar-refractivity contribution in [1.29, 1.82) is 0 Å². The summed E-state index contributed by atoms with van der Waals surface area (Å²) in [6.07, 6.45) is -1.62. The Balaban J connectivity index is 1.78. The maximum atomic E-state index is 11.8. The molecule has 2 rings (SSSR count). The normalized spacial score (nSPS) is 12.7. The maximum Gasteiger partial charge on any atom is 0.408 e. The highest BCUT2D eigenvalue weighted by Gasteiger charge is 2.26. The van der Waals surface area contributed by atoms with Gasteiger partial charge < -0.3 is 19.5 Å². The molecule has 1 atom stereocenters. The Morgan fingerprint density at radius 2 is 1.58 bits per heavy atom. The zero-order chi connectivity index (χ0) is 17.4. The minimum absolute atomic E-state index is 0.0200. The summed E-state index contributed by atoms with van der Waals surface area (Å²) >= 11 is 0. The summed E-state index contributed by atoms with van der Waals surface area (Å²) in [7, 11) is -4.33. The van der Waals surface area contributed by atoms with Crippen LogP contribution in [0.4, 0.5) is 4.79 Å². The molecule has 8 heteroatoms. The standard InChI is InChI=1S/C16H16NO6P/c18-15(14-9-5-2-6-10-14)23-24(20,21)12-17-16(19)22-11-13-7-3-1-4-8-13/h1-10H,11-12H2,(H,17,19)(H,20,21). The smallest absolute Gasteiger partial charge is 0.408 e. The number of ether oxygens (including phenoxy) is 1. The minimum Gasteiger partial charge on any atom is -0.445 e. The Labute approximate surface area is 138 Å². The summed E-state index contributed by atoms with van der Waals surface area (Å²) in [5.74, 6) is -0.944. The highest BCUT2D eigenvalue weighted by molar-refractivity contribution is 7.53. The molecule has 0 aliphatic heterocycles. The zero-order valence-corrected chi connectivity index (χ0v) is 13.5. The van der Waals surface area contributed by atoms with Gasteiger partial charge in [0.25, 0.3) is 0 Å². The number of carbonyl (C=O) groups excluding carboxylic acids is 2. The molecule has 0 fully saturated rings. The molecule has 1 unspecified atom stereocenters. The lowest BCUT2D eigenvalue weighted by Gasteiger charge is -2.13. The van der Waals surface area contributed by atoms with Crippen LogP contribution in [0, 0.1) is 0 Å². The van der Waals surface area contributed by atoms with Crippen molar-refractivity contribution in [2.75, 3.05) is 6.29 Å². The van der Waals surface area contributed by atoms with Gasteiger partial charge in [0.15, 0.2) is 0 Å². The highest BCUT2D eigenvalue weighted by Crippen LogP contribution is 2.41. The lowest BCUT2D eigenvalue weighted by molar-refractivity contribution is 0.0714. The molecule has 0 heterocycles. The van der Waals surface area contributed by atoms with E-state index in [9.17, 15) is 19.0 Å². The number of alkyl carbamates (subject to hydrolysis) is 1. The average Bonchev–Trinajstić information content (AvgIpc) is 2.59. The largest absolute Gasteiger partial charge is 0.445 e. The van der Waals surface area contributed by atoms with Crippen molar-refractivity contribution < 1.29 is 28.3 Å². The van der Waals surface area contributed by atoms with Crippen molar-refractivity contribution >= 4 is 19.7 Å². The van der Waals surface area contributed by atoms with Crippen molar-refractivity contribution in [2.24, 2.45) is 0 Å². The molecule has 0 spiro atoms. The molecule has 0 radical (unpaired) electrons. The Bertz CT molecular complexity index is 735. The lowest BCUT2D eigenvalue weighted by Crippen LogP contribution is -2.26. The van der Waals surface area contributed by atoms with Crippen molar-refractivity contribution in [3.05, 3.63) is 71.8 Å². The van der Waals surface area contributed by atoms with Crippen LogP contribution < -0.4 is 5.32 Å². The monoisotopic (exact) mass is 349 g/mol. The number of rotatable bonds is 6. The molecule has 1 amide bonds. The van der Waals surface area contributed by atoms with E-state index in [1.54, 1.807) is 42.5 Å². The summed E-state index contributed by atoms with van der Waals surface area (Å²) in [4.78, 5) is 32.9. The van der Waals surface area contributed by atoms with Gasteiger partial charge in [-0.2, -0.15) is 0 Å². The van der Waals surface area contributed by atoms with E-state index in [1.165, 1.54) is 12.1 Å². The molecule has 0 aliphatic rings. The Hall–Kier alpha value is -2.63. The quantitative estimate of drug-likeness (QED) is 0.778. The van der Waals surface area contributed by atoms with Crippen molar-refractivity contribution in [3.63, 3.8) is 0 Å². The number of amides is 1. The molecular weight excluding hydrogens is 333 g/mol. The first-order valence-electron chi connectivity index (χ1n) is 7.02. The van der Waals surface area contributed by atoms with E-state index in [4.69, 9.17) is 4.74 Å². The number of nitrogens with one attached hydrogen (secondary N) is 1. The molecule has 0 saturated heterocycles. The first-order valence-corrected chi connectivity index (χ1v) is 8.78. The van der Waals surface area contributed by atoms with E-state index in [0.717, 1.165) is 5.56 Å². The fraction of sp³-hybridized carbons (Fsp3) is 0.125. The van der Waals surface area contributed by atoms with Crippen LogP contribution >= 0.6 is 7.60 Å². The van der Waals surface area contributed by atoms with Gasteiger partial charge in [-0.15, -0.1) is 0 Å². The summed E-state index contributed by atoms with van der Waals surface area (Å²) in [5, 5.41) is 2.10. The fourth-order valence-corrected chi connectivity index (χ4v) is 2.49. The molecular formula is C16H16NO6P. The molecule has 2 N–H and O–H groups in total. The van der Waals surface area contributed by atoms with E-state index in [0.29, 0.717) is 0 Å². The van der Waals surface area contributed by atoms with E-state index >= 15 is 0 Å².